The van der Waals surface area contributed by atoms with Crippen molar-refractivity contribution >= 4 is 17.6 Å². The molecule has 2 aromatic heterocycles. The van der Waals surface area contributed by atoms with E-state index < -0.39 is 0 Å². The van der Waals surface area contributed by atoms with Gasteiger partial charge in [0.1, 0.15) is 6.10 Å². The highest BCUT2D eigenvalue weighted by atomic mass is 16.6. The molecule has 142 valence electrons. The predicted octanol–water partition coefficient (Wildman–Crippen LogP) is 2.94. The third kappa shape index (κ3) is 3.70. The zero-order chi connectivity index (χ0) is 18.2. The van der Waals surface area contributed by atoms with Crippen LogP contribution in [0, 0.1) is 11.8 Å². The van der Waals surface area contributed by atoms with Crippen LogP contribution in [0.2, 0.25) is 0 Å². The smallest absolute Gasteiger partial charge is 0.407 e. The summed E-state index contributed by atoms with van der Waals surface area (Å²) in [5, 5.41) is 13.7. The number of alkyl carbamates (subject to hydrolysis) is 1. The molecule has 27 heavy (non-hydrogen) atoms. The topological polar surface area (TPSA) is 101 Å². The van der Waals surface area contributed by atoms with Crippen LogP contribution in [0.25, 0.3) is 0 Å². The number of pyridine rings is 1. The van der Waals surface area contributed by atoms with Gasteiger partial charge in [-0.05, 0) is 43.6 Å². The van der Waals surface area contributed by atoms with Gasteiger partial charge >= 0.3 is 6.09 Å². The summed E-state index contributed by atoms with van der Waals surface area (Å²) in [4.78, 5) is 16.3. The molecule has 0 saturated heterocycles. The Bertz CT molecular complexity index is 838. The number of anilines is 2. The number of H-pyrrole nitrogens is 1. The van der Waals surface area contributed by atoms with Crippen LogP contribution in [0.15, 0.2) is 24.4 Å². The second-order valence-corrected chi connectivity index (χ2v) is 7.70. The highest BCUT2D eigenvalue weighted by Crippen LogP contribution is 2.39. The van der Waals surface area contributed by atoms with E-state index >= 15 is 0 Å². The molecule has 5 rings (SSSR count). The van der Waals surface area contributed by atoms with Crippen LogP contribution in [0.5, 0.6) is 5.88 Å². The molecule has 2 saturated carbocycles. The Balaban J connectivity index is 1.36. The van der Waals surface area contributed by atoms with E-state index in [2.05, 4.69) is 25.8 Å². The monoisotopic (exact) mass is 369 g/mol. The van der Waals surface area contributed by atoms with Crippen molar-refractivity contribution in [3.05, 3.63) is 30.1 Å². The molecule has 1 aliphatic heterocycles. The molecular weight excluding hydrogens is 346 g/mol. The first kappa shape index (κ1) is 16.4. The van der Waals surface area contributed by atoms with Gasteiger partial charge in [0.25, 0.3) is 0 Å². The summed E-state index contributed by atoms with van der Waals surface area (Å²) in [6.07, 6.45) is 5.13. The summed E-state index contributed by atoms with van der Waals surface area (Å²) in [5.74, 6) is 2.58. The average molecular weight is 369 g/mol. The summed E-state index contributed by atoms with van der Waals surface area (Å²) >= 11 is 0. The number of aromatic amines is 1. The maximum atomic E-state index is 12.1. The molecular formula is C19H23N5O3. The largest absolute Gasteiger partial charge is 0.477 e. The van der Waals surface area contributed by atoms with E-state index in [-0.39, 0.29) is 12.2 Å². The first-order valence-electron chi connectivity index (χ1n) is 9.58. The fraction of sp³-hybridized carbons (Fsp3) is 0.526. The molecule has 3 N–H and O–H groups in total. The van der Waals surface area contributed by atoms with E-state index in [9.17, 15) is 4.79 Å². The summed E-state index contributed by atoms with van der Waals surface area (Å²) in [6.45, 7) is 1.25. The lowest BCUT2D eigenvalue weighted by atomic mass is 10.0. The lowest BCUT2D eigenvalue weighted by Crippen LogP contribution is -2.30. The third-order valence-electron chi connectivity index (χ3n) is 5.73. The minimum Gasteiger partial charge on any atom is -0.477 e. The standard InChI is InChI=1S/C19H23N5O3/c25-19-21-9-12-5-13(12)10-26-18-7-14(3-4-20-18)22-17-8-16(23-24-17)11-1-2-15(6-11)27-19/h3-4,7-8,11-13,15H,1-2,5-6,9-10H2,(H,21,25)(H2,22,23,24). The van der Waals surface area contributed by atoms with E-state index in [4.69, 9.17) is 9.47 Å². The second kappa shape index (κ2) is 6.75. The van der Waals surface area contributed by atoms with Gasteiger partial charge in [0.05, 0.1) is 6.61 Å². The van der Waals surface area contributed by atoms with Crippen LogP contribution in [-0.4, -0.2) is 40.5 Å². The average Bonchev–Trinajstić information content (AvgIpc) is 3.01. The molecule has 6 bridgehead atoms. The van der Waals surface area contributed by atoms with Crippen LogP contribution in [0.4, 0.5) is 16.3 Å². The van der Waals surface area contributed by atoms with Gasteiger partial charge in [-0.25, -0.2) is 9.78 Å². The molecule has 0 spiro atoms. The maximum Gasteiger partial charge on any atom is 0.407 e. The molecule has 3 aliphatic rings. The number of carbonyl (C=O) groups excluding carboxylic acids is 1. The molecule has 4 atom stereocenters. The molecule has 1 amide bonds. The third-order valence-corrected chi connectivity index (χ3v) is 5.73. The van der Waals surface area contributed by atoms with E-state index in [0.717, 1.165) is 42.9 Å². The van der Waals surface area contributed by atoms with Crippen LogP contribution in [0.1, 0.15) is 37.3 Å². The van der Waals surface area contributed by atoms with Gasteiger partial charge < -0.3 is 20.1 Å². The number of rotatable bonds is 0. The van der Waals surface area contributed by atoms with Crippen molar-refractivity contribution in [3.8, 4) is 5.88 Å². The van der Waals surface area contributed by atoms with Gasteiger partial charge in [-0.3, -0.25) is 5.10 Å². The highest BCUT2D eigenvalue weighted by molar-refractivity contribution is 5.67. The minimum atomic E-state index is -0.310. The lowest BCUT2D eigenvalue weighted by Gasteiger charge is -2.13. The number of ether oxygens (including phenoxy) is 2. The molecule has 0 radical (unpaired) electrons. The lowest BCUT2D eigenvalue weighted by molar-refractivity contribution is 0.0996. The van der Waals surface area contributed by atoms with Crippen molar-refractivity contribution in [2.24, 2.45) is 11.8 Å². The minimum absolute atomic E-state index is 0.0327. The first-order valence-corrected chi connectivity index (χ1v) is 9.58. The van der Waals surface area contributed by atoms with Crippen LogP contribution in [-0.2, 0) is 4.74 Å². The number of nitrogens with zero attached hydrogens (tertiary/aromatic N) is 2. The van der Waals surface area contributed by atoms with E-state index in [1.54, 1.807) is 6.20 Å². The molecule has 4 unspecified atom stereocenters. The van der Waals surface area contributed by atoms with Gasteiger partial charge in [-0.2, -0.15) is 5.10 Å². The van der Waals surface area contributed by atoms with Crippen molar-refractivity contribution in [1.82, 2.24) is 20.5 Å². The Morgan fingerprint density at radius 3 is 3.07 bits per heavy atom. The predicted molar refractivity (Wildman–Crippen MR) is 98.1 cm³/mol. The normalized spacial score (nSPS) is 29.9. The fourth-order valence-corrected chi connectivity index (χ4v) is 4.02. The van der Waals surface area contributed by atoms with Gasteiger partial charge in [-0.1, -0.05) is 0 Å². The number of nitrogens with one attached hydrogen (secondary N) is 3. The molecule has 2 aliphatic carbocycles. The number of hydrogen-bond acceptors (Lipinski definition) is 6. The van der Waals surface area contributed by atoms with Crippen molar-refractivity contribution in [3.63, 3.8) is 0 Å². The van der Waals surface area contributed by atoms with Crippen molar-refractivity contribution in [2.75, 3.05) is 18.5 Å². The molecule has 3 heterocycles. The van der Waals surface area contributed by atoms with E-state index in [1.165, 1.54) is 0 Å². The van der Waals surface area contributed by atoms with E-state index in [1.807, 2.05) is 18.2 Å². The Labute approximate surface area is 157 Å². The van der Waals surface area contributed by atoms with Crippen LogP contribution in [0.3, 0.4) is 0 Å². The number of carbonyl (C=O) groups is 1. The summed E-state index contributed by atoms with van der Waals surface area (Å²) in [6, 6.07) is 5.80. The molecule has 8 nitrogen and oxygen atoms in total. The zero-order valence-electron chi connectivity index (χ0n) is 15.0. The first-order chi connectivity index (χ1) is 13.2. The molecule has 2 aromatic rings. The van der Waals surface area contributed by atoms with Gasteiger partial charge in [0.2, 0.25) is 5.88 Å². The second-order valence-electron chi connectivity index (χ2n) is 7.70. The SMILES string of the molecule is O=C1NCC2CC2COc2cc(ccn2)Nc2cc([nH]n2)C2CCC(C2)O1. The van der Waals surface area contributed by atoms with Gasteiger partial charge in [0.15, 0.2) is 5.82 Å². The Kier molecular flexibility index (Phi) is 4.10. The number of amides is 1. The fourth-order valence-electron chi connectivity index (χ4n) is 4.02. The maximum absolute atomic E-state index is 12.1. The van der Waals surface area contributed by atoms with Crippen LogP contribution < -0.4 is 15.4 Å². The highest BCUT2D eigenvalue weighted by Gasteiger charge is 2.38. The number of hydrogen-bond donors (Lipinski definition) is 3. The van der Waals surface area contributed by atoms with Gasteiger partial charge in [0, 0.05) is 42.2 Å². The Morgan fingerprint density at radius 2 is 2.11 bits per heavy atom. The summed E-state index contributed by atoms with van der Waals surface area (Å²) in [5.41, 5.74) is 1.96. The zero-order valence-corrected chi connectivity index (χ0v) is 15.0. The van der Waals surface area contributed by atoms with Crippen molar-refractivity contribution < 1.29 is 14.3 Å². The van der Waals surface area contributed by atoms with Crippen molar-refractivity contribution in [2.45, 2.75) is 37.7 Å². The quantitative estimate of drug-likeness (QED) is 0.660. The van der Waals surface area contributed by atoms with Crippen molar-refractivity contribution in [1.29, 1.82) is 0 Å². The number of fused-ring (bicyclic) bond motifs is 8. The molecule has 0 aromatic carbocycles. The van der Waals surface area contributed by atoms with E-state index in [0.29, 0.717) is 36.8 Å². The summed E-state index contributed by atoms with van der Waals surface area (Å²) in [7, 11) is 0. The van der Waals surface area contributed by atoms with Crippen LogP contribution >= 0.6 is 0 Å². The Hall–Kier alpha value is -2.77. The molecule has 8 heteroatoms. The molecule has 2 fully saturated rings. The summed E-state index contributed by atoms with van der Waals surface area (Å²) < 4.78 is 11.4. The Morgan fingerprint density at radius 1 is 1.15 bits per heavy atom. The number of aromatic nitrogens is 3. The van der Waals surface area contributed by atoms with Gasteiger partial charge in [-0.15, -0.1) is 0 Å².